The molecule has 0 saturated carbocycles. The first-order valence-electron chi connectivity index (χ1n) is 7.46. The van der Waals surface area contributed by atoms with Gasteiger partial charge in [0.15, 0.2) is 11.6 Å². The molecule has 116 valence electrons. The Balaban J connectivity index is 1.45. The number of nitrogens with zero attached hydrogens (tertiary/aromatic N) is 3. The number of furan rings is 1. The van der Waals surface area contributed by atoms with Crippen molar-refractivity contribution < 1.29 is 9.21 Å². The third-order valence-electron chi connectivity index (χ3n) is 3.57. The molecule has 2 aromatic heterocycles. The lowest BCUT2D eigenvalue weighted by Crippen LogP contribution is -2.28. The molecule has 0 spiro atoms. The lowest BCUT2D eigenvalue weighted by Gasteiger charge is -2.17. The zero-order valence-corrected chi connectivity index (χ0v) is 12.3. The average molecular weight is 301 g/mol. The summed E-state index contributed by atoms with van der Waals surface area (Å²) >= 11 is 0. The molecule has 1 aliphatic heterocycles. The molecule has 2 N–H and O–H groups in total. The molecule has 1 saturated heterocycles. The molecule has 0 aromatic carbocycles. The van der Waals surface area contributed by atoms with E-state index in [0.717, 1.165) is 24.6 Å². The fourth-order valence-electron chi connectivity index (χ4n) is 2.45. The first-order valence-corrected chi connectivity index (χ1v) is 7.46. The van der Waals surface area contributed by atoms with Gasteiger partial charge in [0, 0.05) is 32.2 Å². The molecular formula is C15H19N5O2. The van der Waals surface area contributed by atoms with Crippen LogP contribution in [0.5, 0.6) is 0 Å². The van der Waals surface area contributed by atoms with Crippen molar-refractivity contribution >= 4 is 17.4 Å². The quantitative estimate of drug-likeness (QED) is 0.787. The maximum Gasteiger partial charge on any atom is 0.287 e. The van der Waals surface area contributed by atoms with Crippen molar-refractivity contribution in [3.8, 4) is 0 Å². The molecule has 2 aromatic rings. The smallest absolute Gasteiger partial charge is 0.287 e. The van der Waals surface area contributed by atoms with Crippen molar-refractivity contribution in [2.75, 3.05) is 36.4 Å². The maximum atomic E-state index is 11.7. The number of hydrogen-bond donors (Lipinski definition) is 2. The van der Waals surface area contributed by atoms with Crippen molar-refractivity contribution in [2.45, 2.75) is 12.8 Å². The van der Waals surface area contributed by atoms with Crippen LogP contribution in [0.4, 0.5) is 11.5 Å². The van der Waals surface area contributed by atoms with E-state index >= 15 is 0 Å². The Morgan fingerprint density at radius 1 is 1.32 bits per heavy atom. The SMILES string of the molecule is O=C(NCCNc1cc(N2CCCC2)cnn1)c1ccco1. The maximum absolute atomic E-state index is 11.7. The Morgan fingerprint density at radius 2 is 2.18 bits per heavy atom. The van der Waals surface area contributed by atoms with Crippen LogP contribution in [0.2, 0.25) is 0 Å². The lowest BCUT2D eigenvalue weighted by molar-refractivity contribution is 0.0927. The van der Waals surface area contributed by atoms with E-state index in [1.165, 1.54) is 19.1 Å². The summed E-state index contributed by atoms with van der Waals surface area (Å²) in [4.78, 5) is 14.0. The molecule has 0 aliphatic carbocycles. The number of hydrogen-bond acceptors (Lipinski definition) is 6. The minimum atomic E-state index is -0.219. The van der Waals surface area contributed by atoms with Crippen LogP contribution in [0, 0.1) is 0 Å². The molecule has 22 heavy (non-hydrogen) atoms. The van der Waals surface area contributed by atoms with E-state index < -0.39 is 0 Å². The van der Waals surface area contributed by atoms with Crippen LogP contribution in [-0.2, 0) is 0 Å². The molecule has 1 amide bonds. The Morgan fingerprint density at radius 3 is 2.95 bits per heavy atom. The van der Waals surface area contributed by atoms with Gasteiger partial charge in [-0.25, -0.2) is 0 Å². The van der Waals surface area contributed by atoms with E-state index in [4.69, 9.17) is 4.42 Å². The van der Waals surface area contributed by atoms with Crippen molar-refractivity contribution in [2.24, 2.45) is 0 Å². The van der Waals surface area contributed by atoms with E-state index in [1.54, 1.807) is 18.3 Å². The summed E-state index contributed by atoms with van der Waals surface area (Å²) in [5.41, 5.74) is 1.09. The highest BCUT2D eigenvalue weighted by Gasteiger charge is 2.13. The Labute approximate surface area is 128 Å². The third-order valence-corrected chi connectivity index (χ3v) is 3.57. The summed E-state index contributed by atoms with van der Waals surface area (Å²) in [5.74, 6) is 0.816. The highest BCUT2D eigenvalue weighted by atomic mass is 16.3. The highest BCUT2D eigenvalue weighted by Crippen LogP contribution is 2.20. The topological polar surface area (TPSA) is 83.3 Å². The van der Waals surface area contributed by atoms with Gasteiger partial charge < -0.3 is 20.0 Å². The van der Waals surface area contributed by atoms with Gasteiger partial charge in [0.05, 0.1) is 18.1 Å². The van der Waals surface area contributed by atoms with E-state index in [-0.39, 0.29) is 5.91 Å². The summed E-state index contributed by atoms with van der Waals surface area (Å²) in [6, 6.07) is 5.31. The Hall–Kier alpha value is -2.57. The number of aromatic nitrogens is 2. The van der Waals surface area contributed by atoms with Crippen LogP contribution >= 0.6 is 0 Å². The Kier molecular flexibility index (Phi) is 4.53. The minimum Gasteiger partial charge on any atom is -0.459 e. The highest BCUT2D eigenvalue weighted by molar-refractivity contribution is 5.91. The van der Waals surface area contributed by atoms with Crippen LogP contribution in [0.25, 0.3) is 0 Å². The van der Waals surface area contributed by atoms with Gasteiger partial charge in [-0.2, -0.15) is 5.10 Å². The predicted molar refractivity (Wildman–Crippen MR) is 83.0 cm³/mol. The number of carbonyl (C=O) groups excluding carboxylic acids is 1. The molecule has 0 unspecified atom stereocenters. The van der Waals surface area contributed by atoms with Crippen molar-refractivity contribution in [1.29, 1.82) is 0 Å². The molecule has 1 fully saturated rings. The molecular weight excluding hydrogens is 282 g/mol. The van der Waals surface area contributed by atoms with Gasteiger partial charge in [0.2, 0.25) is 0 Å². The largest absolute Gasteiger partial charge is 0.459 e. The predicted octanol–water partition coefficient (Wildman–Crippen LogP) is 1.51. The van der Waals surface area contributed by atoms with E-state index in [1.807, 2.05) is 6.07 Å². The summed E-state index contributed by atoms with van der Waals surface area (Å²) < 4.78 is 5.02. The number of rotatable bonds is 6. The number of amides is 1. The Bertz CT molecular complexity index is 608. The lowest BCUT2D eigenvalue weighted by atomic mass is 10.4. The van der Waals surface area contributed by atoms with Gasteiger partial charge in [-0.05, 0) is 25.0 Å². The molecule has 1 aliphatic rings. The normalized spacial score (nSPS) is 14.1. The van der Waals surface area contributed by atoms with Crippen LogP contribution in [0.3, 0.4) is 0 Å². The van der Waals surface area contributed by atoms with Gasteiger partial charge >= 0.3 is 0 Å². The van der Waals surface area contributed by atoms with Crippen molar-refractivity contribution in [1.82, 2.24) is 15.5 Å². The monoisotopic (exact) mass is 301 g/mol. The van der Waals surface area contributed by atoms with Crippen LogP contribution in [0.15, 0.2) is 35.1 Å². The van der Waals surface area contributed by atoms with Gasteiger partial charge in [-0.3, -0.25) is 4.79 Å². The molecule has 0 radical (unpaired) electrons. The zero-order valence-electron chi connectivity index (χ0n) is 12.3. The summed E-state index contributed by atoms with van der Waals surface area (Å²) in [7, 11) is 0. The third kappa shape index (κ3) is 3.55. The van der Waals surface area contributed by atoms with Crippen molar-refractivity contribution in [3.63, 3.8) is 0 Å². The molecule has 7 nitrogen and oxygen atoms in total. The van der Waals surface area contributed by atoms with Gasteiger partial charge in [0.25, 0.3) is 5.91 Å². The fourth-order valence-corrected chi connectivity index (χ4v) is 2.45. The molecule has 0 bridgehead atoms. The van der Waals surface area contributed by atoms with Crippen LogP contribution < -0.4 is 15.5 Å². The number of nitrogens with one attached hydrogen (secondary N) is 2. The number of anilines is 2. The molecule has 3 heterocycles. The van der Waals surface area contributed by atoms with Gasteiger partial charge in [-0.15, -0.1) is 5.10 Å². The molecule has 0 atom stereocenters. The molecule has 7 heteroatoms. The van der Waals surface area contributed by atoms with E-state index in [0.29, 0.717) is 18.8 Å². The first-order chi connectivity index (χ1) is 10.8. The summed E-state index contributed by atoms with van der Waals surface area (Å²) in [6.07, 6.45) is 5.72. The van der Waals surface area contributed by atoms with E-state index in [9.17, 15) is 4.79 Å². The molecule has 3 rings (SSSR count). The van der Waals surface area contributed by atoms with Crippen LogP contribution in [0.1, 0.15) is 23.4 Å². The van der Waals surface area contributed by atoms with Gasteiger partial charge in [0.1, 0.15) is 0 Å². The van der Waals surface area contributed by atoms with Crippen molar-refractivity contribution in [3.05, 3.63) is 36.4 Å². The zero-order chi connectivity index (χ0) is 15.2. The van der Waals surface area contributed by atoms with Crippen LogP contribution in [-0.4, -0.2) is 42.3 Å². The summed E-state index contributed by atoms with van der Waals surface area (Å²) in [6.45, 7) is 3.20. The first kappa shape index (κ1) is 14.4. The second-order valence-corrected chi connectivity index (χ2v) is 5.15. The number of carbonyl (C=O) groups is 1. The minimum absolute atomic E-state index is 0.219. The second-order valence-electron chi connectivity index (χ2n) is 5.15. The van der Waals surface area contributed by atoms with Gasteiger partial charge in [-0.1, -0.05) is 0 Å². The average Bonchev–Trinajstić information content (AvgIpc) is 3.24. The fraction of sp³-hybridized carbons (Fsp3) is 0.400. The summed E-state index contributed by atoms with van der Waals surface area (Å²) in [5, 5.41) is 14.0. The van der Waals surface area contributed by atoms with E-state index in [2.05, 4.69) is 25.7 Å². The standard InChI is InChI=1S/C15H19N5O2/c21-15(13-4-3-9-22-13)17-6-5-16-14-10-12(11-18-19-14)20-7-1-2-8-20/h3-4,9-11H,1-2,5-8H2,(H,16,19)(H,17,21). The second kappa shape index (κ2) is 6.93.